The van der Waals surface area contributed by atoms with Crippen LogP contribution in [0.5, 0.6) is 0 Å². The third kappa shape index (κ3) is 3.32. The fraction of sp³-hybridized carbons (Fsp3) is 0.222. The minimum atomic E-state index is -0.288. The van der Waals surface area contributed by atoms with E-state index in [1.165, 1.54) is 20.2 Å². The summed E-state index contributed by atoms with van der Waals surface area (Å²) in [5, 5.41) is 1.50. The van der Waals surface area contributed by atoms with Gasteiger partial charge in [0.1, 0.15) is 0 Å². The van der Waals surface area contributed by atoms with Crippen LogP contribution in [-0.2, 0) is 37.5 Å². The van der Waals surface area contributed by atoms with E-state index < -0.39 is 0 Å². The second-order valence-electron chi connectivity index (χ2n) is 2.39. The molecule has 73 valence electrons. The molecule has 0 bridgehead atoms. The van der Waals surface area contributed by atoms with Crippen LogP contribution in [0.3, 0.4) is 0 Å². The van der Waals surface area contributed by atoms with E-state index >= 15 is 0 Å². The second-order valence-corrected chi connectivity index (χ2v) is 2.80. The van der Waals surface area contributed by atoms with Gasteiger partial charge in [-0.1, -0.05) is 10.6 Å². The molecule has 1 aromatic rings. The Morgan fingerprint density at radius 1 is 1.64 bits per heavy atom. The smallest absolute Gasteiger partial charge is 0.222 e. The van der Waals surface area contributed by atoms with Crippen molar-refractivity contribution >= 4 is 17.5 Å². The normalized spacial score (nSPS) is 9.07. The Morgan fingerprint density at radius 3 is 2.79 bits per heavy atom. The van der Waals surface area contributed by atoms with E-state index in [1.54, 1.807) is 12.1 Å². The molecular weight excluding hydrogens is 278 g/mol. The van der Waals surface area contributed by atoms with Crippen molar-refractivity contribution in [2.45, 2.75) is 0 Å². The van der Waals surface area contributed by atoms with Gasteiger partial charge in [-0.3, -0.25) is 9.63 Å². The monoisotopic (exact) mass is 287 g/mol. The molecule has 14 heavy (non-hydrogen) atoms. The largest absolute Gasteiger partial charge is 0.282 e. The number of hydrogen-bond donors (Lipinski definition) is 0. The summed E-state index contributed by atoms with van der Waals surface area (Å²) in [4.78, 5) is 16.2. The zero-order valence-corrected chi connectivity index (χ0v) is 11.5. The average molecular weight is 288 g/mol. The second kappa shape index (κ2) is 6.51. The number of hydrogen-bond acceptors (Lipinski definition) is 2. The van der Waals surface area contributed by atoms with Gasteiger partial charge in [-0.25, -0.2) is 5.06 Å². The van der Waals surface area contributed by atoms with Crippen molar-refractivity contribution in [2.75, 3.05) is 14.2 Å². The number of halogens is 1. The van der Waals surface area contributed by atoms with E-state index in [4.69, 9.17) is 16.4 Å². The van der Waals surface area contributed by atoms with E-state index in [9.17, 15) is 4.79 Å². The van der Waals surface area contributed by atoms with Gasteiger partial charge in [-0.15, -0.1) is 11.6 Å². The Morgan fingerprint density at radius 2 is 2.29 bits per heavy atom. The summed E-state index contributed by atoms with van der Waals surface area (Å²) in [5.41, 5.74) is 0.383. The van der Waals surface area contributed by atoms with Crippen molar-refractivity contribution in [1.82, 2.24) is 5.06 Å². The quantitative estimate of drug-likeness (QED) is 0.613. The summed E-state index contributed by atoms with van der Waals surface area (Å²) in [6, 6.07) is 7.56. The van der Waals surface area contributed by atoms with Gasteiger partial charge in [0.2, 0.25) is 5.91 Å². The van der Waals surface area contributed by atoms with E-state index in [0.29, 0.717) is 10.6 Å². The van der Waals surface area contributed by atoms with Crippen LogP contribution in [0.25, 0.3) is 0 Å². The molecule has 0 heterocycles. The van der Waals surface area contributed by atoms with Crippen molar-refractivity contribution in [3.8, 4) is 0 Å². The molecule has 5 heteroatoms. The Hall–Kier alpha value is 0.0439. The predicted molar refractivity (Wildman–Crippen MR) is 49.4 cm³/mol. The van der Waals surface area contributed by atoms with Gasteiger partial charge in [0.25, 0.3) is 0 Å². The number of carbonyl (C=O) groups is 1. The van der Waals surface area contributed by atoms with Crippen LogP contribution >= 0.6 is 11.6 Å². The number of nitrogens with zero attached hydrogens (tertiary/aromatic N) is 1. The molecule has 0 unspecified atom stereocenters. The number of rotatable bonds is 2. The SMILES string of the molecule is CON(C)C(=O)c1c[c-]ccc1Cl.[Y]. The molecule has 0 aliphatic carbocycles. The molecule has 0 aromatic heterocycles. The van der Waals surface area contributed by atoms with Crippen molar-refractivity contribution in [3.05, 3.63) is 34.9 Å². The molecule has 1 aromatic carbocycles. The minimum Gasteiger partial charge on any atom is -0.282 e. The van der Waals surface area contributed by atoms with Crippen molar-refractivity contribution < 1.29 is 42.3 Å². The molecular formula is C9H9ClNO2Y-. The maximum Gasteiger partial charge on any atom is 0.222 e. The van der Waals surface area contributed by atoms with E-state index in [0.717, 1.165) is 5.06 Å². The molecule has 0 atom stereocenters. The van der Waals surface area contributed by atoms with E-state index in [1.807, 2.05) is 0 Å². The molecule has 1 rings (SSSR count). The molecule has 1 radical (unpaired) electrons. The van der Waals surface area contributed by atoms with Crippen LogP contribution < -0.4 is 0 Å². The Bertz CT molecular complexity index is 319. The summed E-state index contributed by atoms with van der Waals surface area (Å²) in [6.07, 6.45) is 0. The summed E-state index contributed by atoms with van der Waals surface area (Å²) in [5.74, 6) is -0.288. The average Bonchev–Trinajstić information content (AvgIpc) is 2.16. The molecule has 0 saturated heterocycles. The first-order valence-corrected chi connectivity index (χ1v) is 4.02. The molecule has 0 saturated carbocycles. The molecule has 0 fully saturated rings. The summed E-state index contributed by atoms with van der Waals surface area (Å²) in [7, 11) is 2.93. The molecule has 1 amide bonds. The van der Waals surface area contributed by atoms with Gasteiger partial charge in [0.15, 0.2) is 0 Å². The zero-order valence-electron chi connectivity index (χ0n) is 7.95. The first-order chi connectivity index (χ1) is 6.16. The van der Waals surface area contributed by atoms with Gasteiger partial charge in [0.05, 0.1) is 7.11 Å². The Balaban J connectivity index is 0.00000169. The van der Waals surface area contributed by atoms with Crippen LogP contribution in [0.1, 0.15) is 10.4 Å². The molecule has 0 N–H and O–H groups in total. The number of hydroxylamine groups is 2. The number of benzene rings is 1. The van der Waals surface area contributed by atoms with Gasteiger partial charge in [0, 0.05) is 39.8 Å². The first-order valence-electron chi connectivity index (χ1n) is 3.64. The fourth-order valence-corrected chi connectivity index (χ4v) is 1.03. The summed E-state index contributed by atoms with van der Waals surface area (Å²) < 4.78 is 0. The Kier molecular flexibility index (Phi) is 6.53. The predicted octanol–water partition coefficient (Wildman–Crippen LogP) is 1.77. The van der Waals surface area contributed by atoms with E-state index in [-0.39, 0.29) is 38.6 Å². The van der Waals surface area contributed by atoms with Gasteiger partial charge in [-0.2, -0.15) is 24.3 Å². The summed E-state index contributed by atoms with van der Waals surface area (Å²) >= 11 is 5.80. The number of carbonyl (C=O) groups excluding carboxylic acids is 1. The van der Waals surface area contributed by atoms with Crippen LogP contribution in [0.15, 0.2) is 18.2 Å². The molecule has 3 nitrogen and oxygen atoms in total. The van der Waals surface area contributed by atoms with Crippen LogP contribution in [-0.4, -0.2) is 25.1 Å². The third-order valence-corrected chi connectivity index (χ3v) is 1.93. The van der Waals surface area contributed by atoms with Crippen LogP contribution in [0.4, 0.5) is 0 Å². The van der Waals surface area contributed by atoms with Gasteiger partial charge >= 0.3 is 0 Å². The topological polar surface area (TPSA) is 29.5 Å². The fourth-order valence-electron chi connectivity index (χ4n) is 0.828. The Labute approximate surface area is 113 Å². The van der Waals surface area contributed by atoms with Crippen LogP contribution in [0.2, 0.25) is 5.02 Å². The number of amides is 1. The molecule has 0 aliphatic rings. The van der Waals surface area contributed by atoms with Crippen molar-refractivity contribution in [1.29, 1.82) is 0 Å². The van der Waals surface area contributed by atoms with Gasteiger partial charge in [-0.05, 0) is 0 Å². The maximum absolute atomic E-state index is 11.5. The first kappa shape index (κ1) is 14.0. The maximum atomic E-state index is 11.5. The van der Waals surface area contributed by atoms with E-state index in [2.05, 4.69) is 6.07 Å². The third-order valence-electron chi connectivity index (χ3n) is 1.60. The van der Waals surface area contributed by atoms with Gasteiger partial charge < -0.3 is 0 Å². The standard InChI is InChI=1S/C9H9ClNO2.Y/c1-11(13-2)9(12)7-5-3-4-6-8(7)10;/h4-6H,1-2H3;/q-1;. The molecule has 0 spiro atoms. The molecule has 0 aliphatic heterocycles. The zero-order chi connectivity index (χ0) is 9.84. The van der Waals surface area contributed by atoms with Crippen molar-refractivity contribution in [2.24, 2.45) is 0 Å². The van der Waals surface area contributed by atoms with Crippen LogP contribution in [0, 0.1) is 6.07 Å². The summed E-state index contributed by atoms with van der Waals surface area (Å²) in [6.45, 7) is 0. The van der Waals surface area contributed by atoms with Crippen molar-refractivity contribution in [3.63, 3.8) is 0 Å². The minimum absolute atomic E-state index is 0.